The molecule has 0 saturated carbocycles. The third-order valence-electron chi connectivity index (χ3n) is 3.59. The first kappa shape index (κ1) is 23.4. The molecule has 0 heterocycles. The smallest absolute Gasteiger partial charge is 0.305 e. The Balaban J connectivity index is 3.44. The van der Waals surface area contributed by atoms with Gasteiger partial charge in [0.05, 0.1) is 0 Å². The van der Waals surface area contributed by atoms with Crippen LogP contribution in [0.15, 0.2) is 48.6 Å². The SMILES string of the molecule is CCCCC/C=C\C/C=C\C/C=C\C/C=C\CCCC(=O)OCCN. The van der Waals surface area contributed by atoms with Gasteiger partial charge < -0.3 is 10.5 Å². The van der Waals surface area contributed by atoms with Crippen molar-refractivity contribution >= 4 is 5.97 Å². The van der Waals surface area contributed by atoms with Gasteiger partial charge in [0.15, 0.2) is 0 Å². The van der Waals surface area contributed by atoms with Crippen molar-refractivity contribution in [1.82, 2.24) is 0 Å². The minimum Gasteiger partial charge on any atom is -0.464 e. The number of hydrogen-bond acceptors (Lipinski definition) is 3. The summed E-state index contributed by atoms with van der Waals surface area (Å²) in [6.45, 7) is 2.95. The van der Waals surface area contributed by atoms with Gasteiger partial charge in [-0.15, -0.1) is 0 Å². The quantitative estimate of drug-likeness (QED) is 0.223. The number of hydrogen-bond donors (Lipinski definition) is 1. The van der Waals surface area contributed by atoms with Gasteiger partial charge in [-0.2, -0.15) is 0 Å². The van der Waals surface area contributed by atoms with Crippen LogP contribution in [0.5, 0.6) is 0 Å². The minimum absolute atomic E-state index is 0.152. The third kappa shape index (κ3) is 20.3. The third-order valence-corrected chi connectivity index (χ3v) is 3.59. The fourth-order valence-electron chi connectivity index (χ4n) is 2.17. The van der Waals surface area contributed by atoms with Crippen LogP contribution in [0.4, 0.5) is 0 Å². The average molecular weight is 348 g/mol. The molecule has 25 heavy (non-hydrogen) atoms. The van der Waals surface area contributed by atoms with E-state index in [2.05, 4.69) is 55.5 Å². The van der Waals surface area contributed by atoms with Gasteiger partial charge in [-0.1, -0.05) is 68.4 Å². The maximum Gasteiger partial charge on any atom is 0.305 e. The maximum atomic E-state index is 11.2. The predicted molar refractivity (Wildman–Crippen MR) is 108 cm³/mol. The molecule has 0 rings (SSSR count). The van der Waals surface area contributed by atoms with Crippen LogP contribution in [0.2, 0.25) is 0 Å². The molecule has 0 radical (unpaired) electrons. The van der Waals surface area contributed by atoms with Crippen molar-refractivity contribution in [3.63, 3.8) is 0 Å². The van der Waals surface area contributed by atoms with E-state index in [9.17, 15) is 4.79 Å². The summed E-state index contributed by atoms with van der Waals surface area (Å²) in [6.07, 6.45) is 27.9. The van der Waals surface area contributed by atoms with Gasteiger partial charge in [0.1, 0.15) is 6.61 Å². The first-order valence-corrected chi connectivity index (χ1v) is 9.77. The summed E-state index contributed by atoms with van der Waals surface area (Å²) in [7, 11) is 0. The van der Waals surface area contributed by atoms with E-state index in [1.807, 2.05) is 0 Å². The number of carbonyl (C=O) groups excluding carboxylic acids is 1. The molecule has 3 nitrogen and oxygen atoms in total. The van der Waals surface area contributed by atoms with Gasteiger partial charge >= 0.3 is 5.97 Å². The molecule has 0 atom stereocenters. The highest BCUT2D eigenvalue weighted by atomic mass is 16.5. The number of ether oxygens (including phenoxy) is 1. The standard InChI is InChI=1S/C22H37NO2/c1-2-3-4-5-6-7-8-9-10-11-12-13-14-15-16-17-18-19-22(24)25-21-20-23/h6-7,9-10,12-13,15-16H,2-5,8,11,14,17-21,23H2,1H3/b7-6-,10-9-,13-12-,16-15-. The lowest BCUT2D eigenvalue weighted by Gasteiger charge is -2.00. The second-order valence-electron chi connectivity index (χ2n) is 5.99. The Morgan fingerprint density at radius 2 is 1.32 bits per heavy atom. The molecule has 0 aromatic rings. The van der Waals surface area contributed by atoms with Gasteiger partial charge in [-0.25, -0.2) is 0 Å². The average Bonchev–Trinajstić information content (AvgIpc) is 2.62. The molecular weight excluding hydrogens is 310 g/mol. The zero-order valence-corrected chi connectivity index (χ0v) is 16.0. The van der Waals surface area contributed by atoms with Crippen LogP contribution in [0.1, 0.15) is 71.1 Å². The lowest BCUT2D eigenvalue weighted by atomic mass is 10.2. The summed E-state index contributed by atoms with van der Waals surface area (Å²) in [4.78, 5) is 11.2. The molecule has 0 amide bonds. The van der Waals surface area contributed by atoms with Crippen molar-refractivity contribution in [3.05, 3.63) is 48.6 Å². The Bertz CT molecular complexity index is 408. The highest BCUT2D eigenvalue weighted by molar-refractivity contribution is 5.69. The molecule has 3 heteroatoms. The molecule has 0 spiro atoms. The van der Waals surface area contributed by atoms with Crippen molar-refractivity contribution in [2.45, 2.75) is 71.1 Å². The molecule has 142 valence electrons. The zero-order valence-electron chi connectivity index (χ0n) is 16.0. The summed E-state index contributed by atoms with van der Waals surface area (Å²) in [6, 6.07) is 0. The lowest BCUT2D eigenvalue weighted by molar-refractivity contribution is -0.143. The predicted octanol–water partition coefficient (Wildman–Crippen LogP) is 5.63. The van der Waals surface area contributed by atoms with Crippen molar-refractivity contribution < 1.29 is 9.53 Å². The number of carbonyl (C=O) groups is 1. The van der Waals surface area contributed by atoms with Crippen molar-refractivity contribution in [2.75, 3.05) is 13.2 Å². The summed E-state index contributed by atoms with van der Waals surface area (Å²) in [5.41, 5.74) is 5.27. The monoisotopic (exact) mass is 347 g/mol. The Kier molecular flexibility index (Phi) is 19.1. The minimum atomic E-state index is -0.152. The Hall–Kier alpha value is -1.61. The molecular formula is C22H37NO2. The molecule has 0 fully saturated rings. The van der Waals surface area contributed by atoms with Crippen molar-refractivity contribution in [1.29, 1.82) is 0 Å². The molecule has 0 bridgehead atoms. The number of unbranched alkanes of at least 4 members (excludes halogenated alkanes) is 4. The van der Waals surface area contributed by atoms with Crippen LogP contribution < -0.4 is 5.73 Å². The molecule has 0 aliphatic rings. The van der Waals surface area contributed by atoms with Gasteiger partial charge in [0.2, 0.25) is 0 Å². The normalized spacial score (nSPS) is 12.2. The molecule has 0 aliphatic heterocycles. The van der Waals surface area contributed by atoms with Crippen molar-refractivity contribution in [3.8, 4) is 0 Å². The van der Waals surface area contributed by atoms with E-state index >= 15 is 0 Å². The molecule has 0 aromatic heterocycles. The zero-order chi connectivity index (χ0) is 18.4. The van der Waals surface area contributed by atoms with E-state index in [4.69, 9.17) is 10.5 Å². The molecule has 0 unspecified atom stereocenters. The van der Waals surface area contributed by atoms with Crippen LogP contribution in [-0.4, -0.2) is 19.1 Å². The maximum absolute atomic E-state index is 11.2. The Labute approximate surface area is 154 Å². The first-order chi connectivity index (χ1) is 12.3. The fraction of sp³-hybridized carbons (Fsp3) is 0.591. The van der Waals surface area contributed by atoms with E-state index in [0.717, 1.165) is 32.1 Å². The number of nitrogens with two attached hydrogens (primary N) is 1. The second-order valence-corrected chi connectivity index (χ2v) is 5.99. The number of esters is 1. The second kappa shape index (κ2) is 20.4. The van der Waals surface area contributed by atoms with Crippen LogP contribution >= 0.6 is 0 Å². The number of rotatable bonds is 16. The largest absolute Gasteiger partial charge is 0.464 e. The summed E-state index contributed by atoms with van der Waals surface area (Å²) in [5, 5.41) is 0. The van der Waals surface area contributed by atoms with Gasteiger partial charge in [0.25, 0.3) is 0 Å². The van der Waals surface area contributed by atoms with Crippen LogP contribution in [0.3, 0.4) is 0 Å². The van der Waals surface area contributed by atoms with E-state index in [-0.39, 0.29) is 5.97 Å². The summed E-state index contributed by atoms with van der Waals surface area (Å²) in [5.74, 6) is -0.152. The van der Waals surface area contributed by atoms with Crippen LogP contribution in [-0.2, 0) is 9.53 Å². The highest BCUT2D eigenvalue weighted by Gasteiger charge is 1.99. The molecule has 0 aliphatic carbocycles. The van der Waals surface area contributed by atoms with E-state index in [1.165, 1.54) is 25.7 Å². The topological polar surface area (TPSA) is 52.3 Å². The molecule has 2 N–H and O–H groups in total. The van der Waals surface area contributed by atoms with Crippen LogP contribution in [0.25, 0.3) is 0 Å². The van der Waals surface area contributed by atoms with Crippen LogP contribution in [0, 0.1) is 0 Å². The van der Waals surface area contributed by atoms with E-state index < -0.39 is 0 Å². The summed E-state index contributed by atoms with van der Waals surface area (Å²) < 4.78 is 4.91. The van der Waals surface area contributed by atoms with Gasteiger partial charge in [-0.3, -0.25) is 4.79 Å². The van der Waals surface area contributed by atoms with E-state index in [1.54, 1.807) is 0 Å². The lowest BCUT2D eigenvalue weighted by Crippen LogP contribution is -2.13. The fourth-order valence-corrected chi connectivity index (χ4v) is 2.17. The van der Waals surface area contributed by atoms with Crippen molar-refractivity contribution in [2.24, 2.45) is 5.73 Å². The Morgan fingerprint density at radius 3 is 1.84 bits per heavy atom. The Morgan fingerprint density at radius 1 is 0.800 bits per heavy atom. The number of allylic oxidation sites excluding steroid dienone is 8. The first-order valence-electron chi connectivity index (χ1n) is 9.77. The molecule has 0 saturated heterocycles. The van der Waals surface area contributed by atoms with Gasteiger partial charge in [0, 0.05) is 13.0 Å². The summed E-state index contributed by atoms with van der Waals surface area (Å²) >= 11 is 0. The highest BCUT2D eigenvalue weighted by Crippen LogP contribution is 2.02. The van der Waals surface area contributed by atoms with Gasteiger partial charge in [-0.05, 0) is 44.9 Å². The van der Waals surface area contributed by atoms with E-state index in [0.29, 0.717) is 19.6 Å². The molecule has 0 aromatic carbocycles.